The van der Waals surface area contributed by atoms with Gasteiger partial charge in [0.25, 0.3) is 0 Å². The first-order valence-corrected chi connectivity index (χ1v) is 9.67. The van der Waals surface area contributed by atoms with Crippen LogP contribution in [0.15, 0.2) is 42.5 Å². The van der Waals surface area contributed by atoms with E-state index in [1.165, 1.54) is 0 Å². The molecule has 0 aliphatic heterocycles. The van der Waals surface area contributed by atoms with Crippen LogP contribution in [0.1, 0.15) is 26.3 Å². The summed E-state index contributed by atoms with van der Waals surface area (Å²) < 4.78 is 31.4. The van der Waals surface area contributed by atoms with Crippen LogP contribution in [0, 0.1) is 0 Å². The molecule has 2 N–H and O–H groups in total. The summed E-state index contributed by atoms with van der Waals surface area (Å²) in [4.78, 5) is 0. The first-order chi connectivity index (χ1) is 11.6. The van der Waals surface area contributed by atoms with Gasteiger partial charge in [-0.25, -0.2) is 8.42 Å². The number of hydrogen-bond donors (Lipinski definition) is 2. The molecule has 5 nitrogen and oxygen atoms in total. The molecule has 0 heterocycles. The van der Waals surface area contributed by atoms with Crippen molar-refractivity contribution in [3.63, 3.8) is 0 Å². The topological polar surface area (TPSA) is 67.4 Å². The number of anilines is 2. The van der Waals surface area contributed by atoms with E-state index < -0.39 is 14.8 Å². The van der Waals surface area contributed by atoms with E-state index in [4.69, 9.17) is 16.3 Å². The van der Waals surface area contributed by atoms with Crippen LogP contribution in [0.25, 0.3) is 0 Å². The highest BCUT2D eigenvalue weighted by Crippen LogP contribution is 2.28. The molecule has 25 heavy (non-hydrogen) atoms. The molecule has 0 bridgehead atoms. The third-order valence-electron chi connectivity index (χ3n) is 3.66. The van der Waals surface area contributed by atoms with Gasteiger partial charge in [0.2, 0.25) is 10.0 Å². The average Bonchev–Trinajstić information content (AvgIpc) is 2.53. The average molecular weight is 383 g/mol. The van der Waals surface area contributed by atoms with Crippen LogP contribution in [0.5, 0.6) is 5.75 Å². The van der Waals surface area contributed by atoms with Gasteiger partial charge in [0.05, 0.1) is 17.5 Å². The number of sulfonamides is 1. The number of halogens is 1. The zero-order valence-electron chi connectivity index (χ0n) is 14.8. The van der Waals surface area contributed by atoms with Crippen molar-refractivity contribution >= 4 is 33.0 Å². The first kappa shape index (κ1) is 19.4. The highest BCUT2D eigenvalue weighted by Gasteiger charge is 2.28. The van der Waals surface area contributed by atoms with Crippen molar-refractivity contribution in [2.24, 2.45) is 0 Å². The molecule has 0 aliphatic rings. The summed E-state index contributed by atoms with van der Waals surface area (Å²) in [5, 5.41) is 3.89. The predicted octanol–water partition coefficient (Wildman–Crippen LogP) is 4.50. The molecule has 7 heteroatoms. The summed E-state index contributed by atoms with van der Waals surface area (Å²) in [5.74, 6) is 0.707. The van der Waals surface area contributed by atoms with Crippen LogP contribution in [0.3, 0.4) is 0 Å². The summed E-state index contributed by atoms with van der Waals surface area (Å²) in [7, 11) is -1.83. The maximum absolute atomic E-state index is 12.2. The SMILES string of the molecule is COc1ccc(Cl)cc1NCc1ccc(NS(=O)(=O)C(C)(C)C)cc1. The Labute approximate surface area is 154 Å². The largest absolute Gasteiger partial charge is 0.495 e. The van der Waals surface area contributed by atoms with Crippen molar-refractivity contribution in [3.05, 3.63) is 53.1 Å². The minimum absolute atomic E-state index is 0.541. The number of ether oxygens (including phenoxy) is 1. The Bertz CT molecular complexity index is 828. The van der Waals surface area contributed by atoms with Crippen molar-refractivity contribution in [2.45, 2.75) is 32.1 Å². The van der Waals surface area contributed by atoms with Crippen LogP contribution < -0.4 is 14.8 Å². The lowest BCUT2D eigenvalue weighted by atomic mass is 10.2. The second-order valence-electron chi connectivity index (χ2n) is 6.61. The van der Waals surface area contributed by atoms with Gasteiger partial charge in [-0.2, -0.15) is 0 Å². The second kappa shape index (κ2) is 7.54. The van der Waals surface area contributed by atoms with Gasteiger partial charge >= 0.3 is 0 Å². The number of methoxy groups -OCH3 is 1. The lowest BCUT2D eigenvalue weighted by molar-refractivity contribution is 0.416. The van der Waals surface area contributed by atoms with Crippen molar-refractivity contribution in [2.75, 3.05) is 17.1 Å². The molecule has 0 atom stereocenters. The molecule has 2 aromatic rings. The van der Waals surface area contributed by atoms with Gasteiger partial charge in [0.1, 0.15) is 5.75 Å². The minimum atomic E-state index is -3.43. The van der Waals surface area contributed by atoms with E-state index in [2.05, 4.69) is 10.0 Å². The summed E-state index contributed by atoms with van der Waals surface area (Å²) >= 11 is 6.01. The van der Waals surface area contributed by atoms with Gasteiger partial charge < -0.3 is 10.1 Å². The molecular weight excluding hydrogens is 360 g/mol. The summed E-state index contributed by atoms with van der Waals surface area (Å²) in [6.45, 7) is 5.53. The first-order valence-electron chi connectivity index (χ1n) is 7.81. The number of benzene rings is 2. The van der Waals surface area contributed by atoms with Gasteiger partial charge in [-0.1, -0.05) is 23.7 Å². The van der Waals surface area contributed by atoms with E-state index in [1.54, 1.807) is 58.2 Å². The predicted molar refractivity (Wildman–Crippen MR) is 104 cm³/mol. The molecule has 0 fully saturated rings. The van der Waals surface area contributed by atoms with Crippen LogP contribution in [-0.2, 0) is 16.6 Å². The standard InChI is InChI=1S/C18H23ClN2O3S/c1-18(2,3)25(22,23)21-15-8-5-13(6-9-15)12-20-16-11-14(19)7-10-17(16)24-4/h5-11,20-21H,12H2,1-4H3. The fourth-order valence-corrected chi connectivity index (χ4v) is 2.94. The molecule has 2 aromatic carbocycles. The lowest BCUT2D eigenvalue weighted by Crippen LogP contribution is -2.33. The van der Waals surface area contributed by atoms with Crippen LogP contribution in [0.2, 0.25) is 5.02 Å². The number of rotatable bonds is 6. The van der Waals surface area contributed by atoms with E-state index in [0.29, 0.717) is 23.0 Å². The van der Waals surface area contributed by atoms with E-state index in [-0.39, 0.29) is 0 Å². The van der Waals surface area contributed by atoms with Crippen molar-refractivity contribution < 1.29 is 13.2 Å². The van der Waals surface area contributed by atoms with E-state index in [9.17, 15) is 8.42 Å². The maximum atomic E-state index is 12.2. The third kappa shape index (κ3) is 5.03. The van der Waals surface area contributed by atoms with Crippen LogP contribution in [0.4, 0.5) is 11.4 Å². The second-order valence-corrected chi connectivity index (χ2v) is 9.49. The van der Waals surface area contributed by atoms with Crippen LogP contribution >= 0.6 is 11.6 Å². The molecule has 2 rings (SSSR count). The van der Waals surface area contributed by atoms with Gasteiger partial charge in [-0.05, 0) is 56.7 Å². The van der Waals surface area contributed by atoms with Gasteiger partial charge in [0, 0.05) is 17.3 Å². The van der Waals surface area contributed by atoms with E-state index in [0.717, 1.165) is 11.3 Å². The zero-order valence-corrected chi connectivity index (χ0v) is 16.3. The third-order valence-corrected chi connectivity index (χ3v) is 6.01. The molecule has 136 valence electrons. The number of hydrogen-bond acceptors (Lipinski definition) is 4. The molecule has 0 saturated carbocycles. The minimum Gasteiger partial charge on any atom is -0.495 e. The molecular formula is C18H23ClN2O3S. The molecule has 0 spiro atoms. The quantitative estimate of drug-likeness (QED) is 0.771. The Morgan fingerprint density at radius 2 is 1.72 bits per heavy atom. The van der Waals surface area contributed by atoms with E-state index >= 15 is 0 Å². The van der Waals surface area contributed by atoms with Gasteiger partial charge in [0.15, 0.2) is 0 Å². The van der Waals surface area contributed by atoms with Crippen molar-refractivity contribution in [1.29, 1.82) is 0 Å². The zero-order chi connectivity index (χ0) is 18.7. The smallest absolute Gasteiger partial charge is 0.237 e. The van der Waals surface area contributed by atoms with Crippen LogP contribution in [-0.4, -0.2) is 20.3 Å². The Morgan fingerprint density at radius 1 is 1.08 bits per heavy atom. The Kier molecular flexibility index (Phi) is 5.85. The molecule has 0 radical (unpaired) electrons. The molecule has 0 aromatic heterocycles. The number of nitrogens with one attached hydrogen (secondary N) is 2. The molecule has 0 saturated heterocycles. The highest BCUT2D eigenvalue weighted by atomic mass is 35.5. The normalized spacial score (nSPS) is 11.9. The van der Waals surface area contributed by atoms with Gasteiger partial charge in [-0.3, -0.25) is 4.72 Å². The van der Waals surface area contributed by atoms with E-state index in [1.807, 2.05) is 12.1 Å². The molecule has 0 unspecified atom stereocenters. The Morgan fingerprint density at radius 3 is 2.28 bits per heavy atom. The van der Waals surface area contributed by atoms with Crippen molar-refractivity contribution in [3.8, 4) is 5.75 Å². The van der Waals surface area contributed by atoms with Gasteiger partial charge in [-0.15, -0.1) is 0 Å². The summed E-state index contributed by atoms with van der Waals surface area (Å²) in [6, 6.07) is 12.6. The fourth-order valence-electron chi connectivity index (χ4n) is 2.01. The lowest BCUT2D eigenvalue weighted by Gasteiger charge is -2.20. The molecule has 0 aliphatic carbocycles. The summed E-state index contributed by atoms with van der Waals surface area (Å²) in [5.41, 5.74) is 2.34. The Balaban J connectivity index is 2.05. The Hall–Kier alpha value is -1.92. The summed E-state index contributed by atoms with van der Waals surface area (Å²) in [6.07, 6.45) is 0. The van der Waals surface area contributed by atoms with Crippen molar-refractivity contribution in [1.82, 2.24) is 0 Å². The molecule has 0 amide bonds. The highest BCUT2D eigenvalue weighted by molar-refractivity contribution is 7.94. The fraction of sp³-hybridized carbons (Fsp3) is 0.333. The maximum Gasteiger partial charge on any atom is 0.237 e. The monoisotopic (exact) mass is 382 g/mol.